The van der Waals surface area contributed by atoms with Crippen LogP contribution in [0.2, 0.25) is 0 Å². The zero-order valence-corrected chi connectivity index (χ0v) is 16.7. The van der Waals surface area contributed by atoms with Crippen molar-refractivity contribution < 1.29 is 32.2 Å². The number of alkyl halides is 3. The molecule has 0 aliphatic rings. The summed E-state index contributed by atoms with van der Waals surface area (Å²) in [6.45, 7) is 0.620. The molecule has 6 nitrogen and oxygen atoms in total. The third-order valence-electron chi connectivity index (χ3n) is 3.70. The summed E-state index contributed by atoms with van der Waals surface area (Å²) in [7, 11) is 3.13. The molecular formula is C19H22ClF3N2O4. The van der Waals surface area contributed by atoms with E-state index in [-0.39, 0.29) is 30.6 Å². The first-order chi connectivity index (χ1) is 13.3. The summed E-state index contributed by atoms with van der Waals surface area (Å²) in [5.41, 5.74) is 1.40. The number of amides is 1. The summed E-state index contributed by atoms with van der Waals surface area (Å²) < 4.78 is 50.5. The molecule has 0 saturated heterocycles. The van der Waals surface area contributed by atoms with Crippen molar-refractivity contribution in [3.63, 3.8) is 0 Å². The molecule has 0 fully saturated rings. The van der Waals surface area contributed by atoms with E-state index in [4.69, 9.17) is 9.47 Å². The monoisotopic (exact) mass is 434 g/mol. The molecule has 2 N–H and O–H groups in total. The SMILES string of the molecule is COc1ccc(CCNCC(=O)Nc2ccc(OC(F)(F)F)cc2)cc1OC.Cl. The number of methoxy groups -OCH3 is 2. The van der Waals surface area contributed by atoms with Gasteiger partial charge >= 0.3 is 6.36 Å². The van der Waals surface area contributed by atoms with Crippen LogP contribution in [-0.4, -0.2) is 39.6 Å². The first-order valence-electron chi connectivity index (χ1n) is 8.38. The minimum absolute atomic E-state index is 0. The van der Waals surface area contributed by atoms with Gasteiger partial charge in [0, 0.05) is 5.69 Å². The predicted molar refractivity (Wildman–Crippen MR) is 105 cm³/mol. The standard InChI is InChI=1S/C19H21F3N2O4.ClH/c1-26-16-8-3-13(11-17(16)27-2)9-10-23-12-18(25)24-14-4-6-15(7-5-14)28-19(20,21)22;/h3-8,11,23H,9-10,12H2,1-2H3,(H,24,25);1H. The first kappa shape index (κ1) is 24.4. The summed E-state index contributed by atoms with van der Waals surface area (Å²) >= 11 is 0. The summed E-state index contributed by atoms with van der Waals surface area (Å²) in [5, 5.41) is 5.59. The Kier molecular flexibility index (Phi) is 9.57. The Morgan fingerprint density at radius 2 is 1.66 bits per heavy atom. The molecule has 0 atom stereocenters. The largest absolute Gasteiger partial charge is 0.573 e. The van der Waals surface area contributed by atoms with Crippen LogP contribution in [0.1, 0.15) is 5.56 Å². The number of nitrogens with one attached hydrogen (secondary N) is 2. The molecule has 1 amide bonds. The van der Waals surface area contributed by atoms with Gasteiger partial charge in [-0.2, -0.15) is 0 Å². The fourth-order valence-corrected chi connectivity index (χ4v) is 2.42. The van der Waals surface area contributed by atoms with Gasteiger partial charge in [0.2, 0.25) is 5.91 Å². The van der Waals surface area contributed by atoms with E-state index in [9.17, 15) is 18.0 Å². The highest BCUT2D eigenvalue weighted by molar-refractivity contribution is 5.92. The van der Waals surface area contributed by atoms with Crippen LogP contribution in [0.15, 0.2) is 42.5 Å². The summed E-state index contributed by atoms with van der Waals surface area (Å²) in [6, 6.07) is 10.5. The van der Waals surface area contributed by atoms with E-state index >= 15 is 0 Å². The van der Waals surface area contributed by atoms with Crippen LogP contribution < -0.4 is 24.8 Å². The average molecular weight is 435 g/mol. The van der Waals surface area contributed by atoms with Gasteiger partial charge in [-0.05, 0) is 54.9 Å². The highest BCUT2D eigenvalue weighted by Gasteiger charge is 2.30. The minimum atomic E-state index is -4.75. The lowest BCUT2D eigenvalue weighted by molar-refractivity contribution is -0.274. The van der Waals surface area contributed by atoms with Crippen LogP contribution in [0.5, 0.6) is 17.2 Å². The van der Waals surface area contributed by atoms with Crippen LogP contribution in [-0.2, 0) is 11.2 Å². The Bertz CT molecular complexity index is 786. The van der Waals surface area contributed by atoms with Crippen LogP contribution in [0.25, 0.3) is 0 Å². The van der Waals surface area contributed by atoms with Crippen LogP contribution in [0.4, 0.5) is 18.9 Å². The Morgan fingerprint density at radius 1 is 1.00 bits per heavy atom. The average Bonchev–Trinajstić information content (AvgIpc) is 2.65. The minimum Gasteiger partial charge on any atom is -0.493 e. The Hall–Kier alpha value is -2.65. The third kappa shape index (κ3) is 8.49. The lowest BCUT2D eigenvalue weighted by Gasteiger charge is -2.11. The first-order valence-corrected chi connectivity index (χ1v) is 8.38. The summed E-state index contributed by atoms with van der Waals surface area (Å²) in [6.07, 6.45) is -4.07. The second kappa shape index (κ2) is 11.4. The summed E-state index contributed by atoms with van der Waals surface area (Å²) in [5.74, 6) is 0.622. The van der Waals surface area contributed by atoms with Gasteiger partial charge in [0.25, 0.3) is 0 Å². The molecule has 2 aromatic rings. The number of carbonyl (C=O) groups excluding carboxylic acids is 1. The van der Waals surface area contributed by atoms with E-state index in [1.54, 1.807) is 14.2 Å². The quantitative estimate of drug-likeness (QED) is 0.588. The molecule has 2 aromatic carbocycles. The van der Waals surface area contributed by atoms with Crippen molar-refractivity contribution in [3.05, 3.63) is 48.0 Å². The number of rotatable bonds is 9. The predicted octanol–water partition coefficient (Wildman–Crippen LogP) is 3.80. The highest BCUT2D eigenvalue weighted by Crippen LogP contribution is 2.27. The van der Waals surface area contributed by atoms with E-state index in [2.05, 4.69) is 15.4 Å². The zero-order valence-electron chi connectivity index (χ0n) is 15.8. The van der Waals surface area contributed by atoms with E-state index in [0.717, 1.165) is 17.7 Å². The molecule has 0 spiro atoms. The maximum atomic E-state index is 12.1. The van der Waals surface area contributed by atoms with E-state index in [1.165, 1.54) is 12.1 Å². The number of carbonyl (C=O) groups is 1. The second-order valence-electron chi connectivity index (χ2n) is 5.74. The second-order valence-corrected chi connectivity index (χ2v) is 5.74. The molecule has 10 heteroatoms. The van der Waals surface area contributed by atoms with E-state index in [0.29, 0.717) is 30.2 Å². The third-order valence-corrected chi connectivity index (χ3v) is 3.70. The molecule has 0 aliphatic carbocycles. The van der Waals surface area contributed by atoms with E-state index < -0.39 is 6.36 Å². The van der Waals surface area contributed by atoms with Crippen molar-refractivity contribution in [3.8, 4) is 17.2 Å². The van der Waals surface area contributed by atoms with Gasteiger partial charge in [-0.15, -0.1) is 25.6 Å². The molecule has 29 heavy (non-hydrogen) atoms. The fraction of sp³-hybridized carbons (Fsp3) is 0.316. The van der Waals surface area contributed by atoms with Crippen LogP contribution in [0.3, 0.4) is 0 Å². The smallest absolute Gasteiger partial charge is 0.493 e. The molecule has 0 radical (unpaired) electrons. The van der Waals surface area contributed by atoms with Crippen molar-refractivity contribution in [2.24, 2.45) is 0 Å². The Labute approximate surface area is 172 Å². The number of hydrogen-bond acceptors (Lipinski definition) is 5. The Balaban J connectivity index is 0.00000420. The molecule has 0 bridgehead atoms. The van der Waals surface area contributed by atoms with Gasteiger partial charge < -0.3 is 24.8 Å². The zero-order chi connectivity index (χ0) is 20.6. The van der Waals surface area contributed by atoms with Gasteiger partial charge in [-0.25, -0.2) is 0 Å². The maximum absolute atomic E-state index is 12.1. The normalized spacial score (nSPS) is 10.7. The molecule has 2 rings (SSSR count). The molecule has 160 valence electrons. The lowest BCUT2D eigenvalue weighted by Crippen LogP contribution is -2.29. The van der Waals surface area contributed by atoms with Gasteiger partial charge in [-0.1, -0.05) is 6.07 Å². The van der Waals surface area contributed by atoms with Crippen LogP contribution >= 0.6 is 12.4 Å². The van der Waals surface area contributed by atoms with Crippen molar-refractivity contribution in [2.75, 3.05) is 32.6 Å². The summed E-state index contributed by atoms with van der Waals surface area (Å²) in [4.78, 5) is 11.9. The Morgan fingerprint density at radius 3 is 2.24 bits per heavy atom. The highest BCUT2D eigenvalue weighted by atomic mass is 35.5. The molecule has 0 unspecified atom stereocenters. The van der Waals surface area contributed by atoms with Crippen molar-refractivity contribution in [2.45, 2.75) is 12.8 Å². The number of ether oxygens (including phenoxy) is 3. The number of benzene rings is 2. The van der Waals surface area contributed by atoms with Gasteiger partial charge in [0.15, 0.2) is 11.5 Å². The van der Waals surface area contributed by atoms with Crippen molar-refractivity contribution in [1.29, 1.82) is 0 Å². The van der Waals surface area contributed by atoms with Crippen LogP contribution in [0, 0.1) is 0 Å². The molecular weight excluding hydrogens is 413 g/mol. The maximum Gasteiger partial charge on any atom is 0.573 e. The van der Waals surface area contributed by atoms with Gasteiger partial charge in [-0.3, -0.25) is 4.79 Å². The van der Waals surface area contributed by atoms with E-state index in [1.807, 2.05) is 18.2 Å². The molecule has 0 heterocycles. The fourth-order valence-electron chi connectivity index (χ4n) is 2.42. The number of anilines is 1. The molecule has 0 saturated carbocycles. The lowest BCUT2D eigenvalue weighted by atomic mass is 10.1. The number of hydrogen-bond donors (Lipinski definition) is 2. The molecule has 0 aromatic heterocycles. The number of halogens is 4. The van der Waals surface area contributed by atoms with Gasteiger partial charge in [0.05, 0.1) is 20.8 Å². The van der Waals surface area contributed by atoms with Gasteiger partial charge in [0.1, 0.15) is 5.75 Å². The van der Waals surface area contributed by atoms with Crippen molar-refractivity contribution in [1.82, 2.24) is 5.32 Å². The molecule has 0 aliphatic heterocycles. The van der Waals surface area contributed by atoms with Crippen molar-refractivity contribution >= 4 is 24.0 Å². The topological polar surface area (TPSA) is 68.8 Å².